The van der Waals surface area contributed by atoms with Gasteiger partial charge in [-0.15, -0.1) is 0 Å². The molecule has 0 aliphatic carbocycles. The minimum Gasteiger partial charge on any atom is -0.379 e. The lowest BCUT2D eigenvalue weighted by Crippen LogP contribution is -2.48. The zero-order chi connectivity index (χ0) is 13.5. The lowest BCUT2D eigenvalue weighted by Gasteiger charge is -2.43. The minimum atomic E-state index is 0.145. The van der Waals surface area contributed by atoms with Crippen molar-refractivity contribution in [1.82, 2.24) is 9.97 Å². The Kier molecular flexibility index (Phi) is 3.07. The normalized spacial score (nSPS) is 19.3. The van der Waals surface area contributed by atoms with E-state index in [-0.39, 0.29) is 5.41 Å². The standard InChI is InChI=1S/C15H21N3O/c1-10(7-16)6-15(8-19-9-15)12-3-4-13-14(5-12)18-11(2)17-13/h3-5,10H,6-9,16H2,1-2H3,(H,17,18). The van der Waals surface area contributed by atoms with Crippen LogP contribution in [0.1, 0.15) is 24.7 Å². The summed E-state index contributed by atoms with van der Waals surface area (Å²) >= 11 is 0. The Bertz CT molecular complexity index is 586. The Morgan fingerprint density at radius 1 is 1.47 bits per heavy atom. The van der Waals surface area contributed by atoms with Crippen LogP contribution in [0, 0.1) is 12.8 Å². The molecule has 1 aromatic heterocycles. The van der Waals surface area contributed by atoms with E-state index < -0.39 is 0 Å². The van der Waals surface area contributed by atoms with E-state index in [0.29, 0.717) is 5.92 Å². The number of ether oxygens (including phenoxy) is 1. The number of nitrogens with zero attached hydrogens (tertiary/aromatic N) is 1. The van der Waals surface area contributed by atoms with E-state index >= 15 is 0 Å². The summed E-state index contributed by atoms with van der Waals surface area (Å²) < 4.78 is 5.49. The van der Waals surface area contributed by atoms with Crippen molar-refractivity contribution < 1.29 is 4.74 Å². The number of nitrogens with one attached hydrogen (secondary N) is 1. The molecule has 1 aromatic carbocycles. The van der Waals surface area contributed by atoms with E-state index in [9.17, 15) is 0 Å². The van der Waals surface area contributed by atoms with E-state index in [0.717, 1.165) is 43.0 Å². The van der Waals surface area contributed by atoms with Gasteiger partial charge in [0, 0.05) is 5.41 Å². The third kappa shape index (κ3) is 2.15. The highest BCUT2D eigenvalue weighted by atomic mass is 16.5. The molecule has 0 radical (unpaired) electrons. The van der Waals surface area contributed by atoms with Crippen LogP contribution in [0.15, 0.2) is 18.2 Å². The highest BCUT2D eigenvalue weighted by molar-refractivity contribution is 5.76. The number of nitrogens with two attached hydrogens (primary N) is 1. The first kappa shape index (κ1) is 12.6. The molecule has 102 valence electrons. The zero-order valence-corrected chi connectivity index (χ0v) is 11.6. The first-order valence-corrected chi connectivity index (χ1v) is 6.88. The molecule has 2 aromatic rings. The van der Waals surface area contributed by atoms with Gasteiger partial charge in [0.15, 0.2) is 0 Å². The highest BCUT2D eigenvalue weighted by Gasteiger charge is 2.41. The molecule has 1 aliphatic heterocycles. The predicted octanol–water partition coefficient (Wildman–Crippen LogP) is 2.12. The van der Waals surface area contributed by atoms with Crippen LogP contribution in [0.25, 0.3) is 11.0 Å². The first-order valence-electron chi connectivity index (χ1n) is 6.88. The smallest absolute Gasteiger partial charge is 0.104 e. The van der Waals surface area contributed by atoms with Crippen LogP contribution in [0.4, 0.5) is 0 Å². The molecule has 3 N–H and O–H groups in total. The van der Waals surface area contributed by atoms with Crippen LogP contribution in [0.5, 0.6) is 0 Å². The van der Waals surface area contributed by atoms with Gasteiger partial charge in [-0.2, -0.15) is 0 Å². The summed E-state index contributed by atoms with van der Waals surface area (Å²) in [4.78, 5) is 7.76. The van der Waals surface area contributed by atoms with Gasteiger partial charge < -0.3 is 15.5 Å². The second-order valence-electron chi connectivity index (χ2n) is 5.87. The van der Waals surface area contributed by atoms with Crippen molar-refractivity contribution in [3.8, 4) is 0 Å². The van der Waals surface area contributed by atoms with E-state index in [1.165, 1.54) is 5.56 Å². The van der Waals surface area contributed by atoms with Gasteiger partial charge in [0.05, 0.1) is 24.2 Å². The number of fused-ring (bicyclic) bond motifs is 1. The molecule has 1 aliphatic rings. The van der Waals surface area contributed by atoms with Gasteiger partial charge in [-0.05, 0) is 43.5 Å². The second-order valence-corrected chi connectivity index (χ2v) is 5.87. The molecule has 19 heavy (non-hydrogen) atoms. The summed E-state index contributed by atoms with van der Waals surface area (Å²) in [5.74, 6) is 1.48. The fourth-order valence-electron chi connectivity index (χ4n) is 2.97. The largest absolute Gasteiger partial charge is 0.379 e. The van der Waals surface area contributed by atoms with E-state index in [1.807, 2.05) is 6.92 Å². The van der Waals surface area contributed by atoms with Crippen molar-refractivity contribution in [1.29, 1.82) is 0 Å². The van der Waals surface area contributed by atoms with Crippen molar-refractivity contribution in [2.24, 2.45) is 11.7 Å². The van der Waals surface area contributed by atoms with Crippen molar-refractivity contribution in [2.45, 2.75) is 25.7 Å². The SMILES string of the molecule is Cc1nc2ccc(C3(CC(C)CN)COC3)cc2[nH]1. The van der Waals surface area contributed by atoms with Gasteiger partial charge in [0.25, 0.3) is 0 Å². The molecule has 0 saturated carbocycles. The van der Waals surface area contributed by atoms with Gasteiger partial charge in [0.2, 0.25) is 0 Å². The molecule has 0 bridgehead atoms. The molecule has 1 fully saturated rings. The average Bonchev–Trinajstić information content (AvgIpc) is 2.72. The first-order chi connectivity index (χ1) is 9.13. The number of aromatic nitrogens is 2. The summed E-state index contributed by atoms with van der Waals surface area (Å²) in [6.45, 7) is 6.52. The molecule has 1 atom stereocenters. The number of H-pyrrole nitrogens is 1. The van der Waals surface area contributed by atoms with Crippen LogP contribution in [-0.2, 0) is 10.2 Å². The maximum atomic E-state index is 5.77. The van der Waals surface area contributed by atoms with Gasteiger partial charge in [-0.25, -0.2) is 4.98 Å². The predicted molar refractivity (Wildman–Crippen MR) is 76.2 cm³/mol. The fourth-order valence-corrected chi connectivity index (χ4v) is 2.97. The van der Waals surface area contributed by atoms with Crippen LogP contribution in [-0.4, -0.2) is 29.7 Å². The van der Waals surface area contributed by atoms with Gasteiger partial charge in [-0.3, -0.25) is 0 Å². The quantitative estimate of drug-likeness (QED) is 0.884. The van der Waals surface area contributed by atoms with Crippen LogP contribution in [0.3, 0.4) is 0 Å². The third-order valence-corrected chi connectivity index (χ3v) is 4.11. The molecule has 1 saturated heterocycles. The number of rotatable bonds is 4. The van der Waals surface area contributed by atoms with Crippen molar-refractivity contribution in [3.63, 3.8) is 0 Å². The summed E-state index contributed by atoms with van der Waals surface area (Å²) in [6.07, 6.45) is 1.09. The van der Waals surface area contributed by atoms with Crippen molar-refractivity contribution in [3.05, 3.63) is 29.6 Å². The summed E-state index contributed by atoms with van der Waals surface area (Å²) in [5.41, 5.74) is 9.40. The summed E-state index contributed by atoms with van der Waals surface area (Å²) in [5, 5.41) is 0. The van der Waals surface area contributed by atoms with E-state index in [2.05, 4.69) is 35.1 Å². The summed E-state index contributed by atoms with van der Waals surface area (Å²) in [7, 11) is 0. The second kappa shape index (κ2) is 4.62. The van der Waals surface area contributed by atoms with E-state index in [4.69, 9.17) is 10.5 Å². The molecule has 2 heterocycles. The van der Waals surface area contributed by atoms with Gasteiger partial charge in [0.1, 0.15) is 5.82 Å². The number of benzene rings is 1. The number of aromatic amines is 1. The average molecular weight is 259 g/mol. The number of aryl methyl sites for hydroxylation is 1. The Hall–Kier alpha value is -1.39. The third-order valence-electron chi connectivity index (χ3n) is 4.11. The molecule has 0 spiro atoms. The zero-order valence-electron chi connectivity index (χ0n) is 11.6. The fraction of sp³-hybridized carbons (Fsp3) is 0.533. The lowest BCUT2D eigenvalue weighted by molar-refractivity contribution is -0.0701. The topological polar surface area (TPSA) is 63.9 Å². The van der Waals surface area contributed by atoms with Crippen LogP contribution < -0.4 is 5.73 Å². The molecular weight excluding hydrogens is 238 g/mol. The molecule has 0 amide bonds. The number of hydrogen-bond acceptors (Lipinski definition) is 3. The molecule has 3 rings (SSSR count). The Balaban J connectivity index is 1.96. The lowest BCUT2D eigenvalue weighted by atomic mass is 9.72. The van der Waals surface area contributed by atoms with Crippen LogP contribution in [0.2, 0.25) is 0 Å². The van der Waals surface area contributed by atoms with Crippen LogP contribution >= 0.6 is 0 Å². The van der Waals surface area contributed by atoms with E-state index in [1.54, 1.807) is 0 Å². The number of hydrogen-bond donors (Lipinski definition) is 2. The Labute approximate surface area is 113 Å². The van der Waals surface area contributed by atoms with Crippen molar-refractivity contribution in [2.75, 3.05) is 19.8 Å². The number of imidazole rings is 1. The Morgan fingerprint density at radius 2 is 2.26 bits per heavy atom. The molecule has 4 nitrogen and oxygen atoms in total. The minimum absolute atomic E-state index is 0.145. The maximum Gasteiger partial charge on any atom is 0.104 e. The van der Waals surface area contributed by atoms with Gasteiger partial charge in [-0.1, -0.05) is 13.0 Å². The molecular formula is C15H21N3O. The summed E-state index contributed by atoms with van der Waals surface area (Å²) in [6, 6.07) is 6.51. The maximum absolute atomic E-state index is 5.77. The van der Waals surface area contributed by atoms with Gasteiger partial charge >= 0.3 is 0 Å². The molecule has 1 unspecified atom stereocenters. The molecule has 4 heteroatoms. The highest BCUT2D eigenvalue weighted by Crippen LogP contribution is 2.39. The van der Waals surface area contributed by atoms with Crippen molar-refractivity contribution >= 4 is 11.0 Å². The monoisotopic (exact) mass is 259 g/mol. The Morgan fingerprint density at radius 3 is 2.89 bits per heavy atom.